The van der Waals surface area contributed by atoms with Gasteiger partial charge in [-0.25, -0.2) is 0 Å². The molecule has 0 heterocycles. The first-order valence-electron chi connectivity index (χ1n) is 5.64. The molecule has 0 fully saturated rings. The number of anilines is 1. The Morgan fingerprint density at radius 3 is 2.59 bits per heavy atom. The Balaban J connectivity index is 2.29. The van der Waals surface area contributed by atoms with Crippen LogP contribution >= 0.6 is 11.6 Å². The summed E-state index contributed by atoms with van der Waals surface area (Å²) in [5.74, 6) is 0. The van der Waals surface area contributed by atoms with Crippen LogP contribution in [0.25, 0.3) is 0 Å². The van der Waals surface area contributed by atoms with E-state index in [2.05, 4.69) is 0 Å². The van der Waals surface area contributed by atoms with Gasteiger partial charge in [-0.15, -0.1) is 0 Å². The topological polar surface area (TPSA) is 44.5 Å². The maximum atomic E-state index is 5.88. The van der Waals surface area contributed by atoms with Gasteiger partial charge in [-0.05, 0) is 39.0 Å². The molecule has 0 bridgehead atoms. The maximum Gasteiger partial charge on any atom is 0.0738 e. The lowest BCUT2D eigenvalue weighted by atomic mass is 10.2. The second-order valence-electron chi connectivity index (χ2n) is 4.86. The molecule has 1 aromatic carbocycles. The lowest BCUT2D eigenvalue weighted by Gasteiger charge is -2.19. The normalized spacial score (nSPS) is 11.8. The number of halogens is 1. The van der Waals surface area contributed by atoms with Gasteiger partial charge < -0.3 is 15.2 Å². The van der Waals surface area contributed by atoms with E-state index in [0.717, 1.165) is 5.56 Å². The fraction of sp³-hybridized carbons (Fsp3) is 0.538. The van der Waals surface area contributed by atoms with E-state index in [1.54, 1.807) is 12.1 Å². The van der Waals surface area contributed by atoms with E-state index in [9.17, 15) is 0 Å². The lowest BCUT2D eigenvalue weighted by Crippen LogP contribution is -2.21. The number of hydrogen-bond acceptors (Lipinski definition) is 3. The van der Waals surface area contributed by atoms with Crippen molar-refractivity contribution in [2.75, 3.05) is 18.9 Å². The number of ether oxygens (including phenoxy) is 2. The van der Waals surface area contributed by atoms with Gasteiger partial charge >= 0.3 is 0 Å². The average molecular weight is 258 g/mol. The SMILES string of the molecule is CC(C)(C)OCCOCc1cc(Cl)ccc1N. The minimum atomic E-state index is -0.127. The molecule has 1 aromatic rings. The highest BCUT2D eigenvalue weighted by molar-refractivity contribution is 6.30. The van der Waals surface area contributed by atoms with Gasteiger partial charge in [-0.3, -0.25) is 0 Å². The maximum absolute atomic E-state index is 5.88. The minimum Gasteiger partial charge on any atom is -0.398 e. The van der Waals surface area contributed by atoms with E-state index in [4.69, 9.17) is 26.8 Å². The standard InChI is InChI=1S/C13H20ClNO2/c1-13(2,3)17-7-6-16-9-10-8-11(14)4-5-12(10)15/h4-5,8H,6-7,9,15H2,1-3H3. The zero-order valence-corrected chi connectivity index (χ0v) is 11.4. The van der Waals surface area contributed by atoms with Crippen LogP contribution in [-0.2, 0) is 16.1 Å². The summed E-state index contributed by atoms with van der Waals surface area (Å²) in [6, 6.07) is 5.37. The van der Waals surface area contributed by atoms with Crippen LogP contribution in [0.1, 0.15) is 26.3 Å². The summed E-state index contributed by atoms with van der Waals surface area (Å²) < 4.78 is 11.0. The average Bonchev–Trinajstić information content (AvgIpc) is 2.21. The molecule has 0 amide bonds. The zero-order valence-electron chi connectivity index (χ0n) is 10.6. The first-order valence-corrected chi connectivity index (χ1v) is 6.02. The van der Waals surface area contributed by atoms with Gasteiger partial charge in [-0.1, -0.05) is 11.6 Å². The summed E-state index contributed by atoms with van der Waals surface area (Å²) in [6.45, 7) is 7.62. The molecule has 1 rings (SSSR count). The summed E-state index contributed by atoms with van der Waals surface area (Å²) in [4.78, 5) is 0. The Morgan fingerprint density at radius 1 is 1.24 bits per heavy atom. The number of nitrogen functional groups attached to an aromatic ring is 1. The molecule has 0 aliphatic rings. The van der Waals surface area contributed by atoms with Gasteiger partial charge in [0.15, 0.2) is 0 Å². The van der Waals surface area contributed by atoms with Crippen molar-refractivity contribution in [3.8, 4) is 0 Å². The number of benzene rings is 1. The summed E-state index contributed by atoms with van der Waals surface area (Å²) in [5.41, 5.74) is 7.29. The van der Waals surface area contributed by atoms with E-state index in [1.165, 1.54) is 0 Å². The van der Waals surface area contributed by atoms with Crippen molar-refractivity contribution in [3.63, 3.8) is 0 Å². The fourth-order valence-corrected chi connectivity index (χ4v) is 1.48. The van der Waals surface area contributed by atoms with Crippen LogP contribution in [0.2, 0.25) is 5.02 Å². The van der Waals surface area contributed by atoms with Gasteiger partial charge in [0.1, 0.15) is 0 Å². The largest absolute Gasteiger partial charge is 0.398 e. The molecule has 3 nitrogen and oxygen atoms in total. The second-order valence-corrected chi connectivity index (χ2v) is 5.29. The van der Waals surface area contributed by atoms with Gasteiger partial charge in [0.2, 0.25) is 0 Å². The van der Waals surface area contributed by atoms with Crippen molar-refractivity contribution in [1.29, 1.82) is 0 Å². The summed E-state index contributed by atoms with van der Waals surface area (Å²) >= 11 is 5.88. The molecular weight excluding hydrogens is 238 g/mol. The van der Waals surface area contributed by atoms with Crippen LogP contribution < -0.4 is 5.73 Å². The summed E-state index contributed by atoms with van der Waals surface area (Å²) in [5, 5.41) is 0.670. The molecule has 0 saturated carbocycles. The smallest absolute Gasteiger partial charge is 0.0738 e. The Kier molecular flexibility index (Phi) is 5.25. The molecule has 17 heavy (non-hydrogen) atoms. The van der Waals surface area contributed by atoms with Crippen molar-refractivity contribution in [2.24, 2.45) is 0 Å². The Hall–Kier alpha value is -0.770. The molecule has 0 aliphatic carbocycles. The van der Waals surface area contributed by atoms with E-state index >= 15 is 0 Å². The number of nitrogens with two attached hydrogens (primary N) is 1. The molecule has 0 unspecified atom stereocenters. The van der Waals surface area contributed by atoms with E-state index in [1.807, 2.05) is 26.8 Å². The quantitative estimate of drug-likeness (QED) is 0.651. The van der Waals surface area contributed by atoms with Crippen LogP contribution in [0.15, 0.2) is 18.2 Å². The molecule has 4 heteroatoms. The van der Waals surface area contributed by atoms with Crippen LogP contribution in [0, 0.1) is 0 Å². The zero-order chi connectivity index (χ0) is 12.9. The van der Waals surface area contributed by atoms with Crippen molar-refractivity contribution in [3.05, 3.63) is 28.8 Å². The molecule has 0 spiro atoms. The predicted molar refractivity (Wildman–Crippen MR) is 71.2 cm³/mol. The van der Waals surface area contributed by atoms with Crippen LogP contribution in [0.3, 0.4) is 0 Å². The van der Waals surface area contributed by atoms with Gasteiger partial charge in [-0.2, -0.15) is 0 Å². The Morgan fingerprint density at radius 2 is 1.94 bits per heavy atom. The Bertz CT molecular complexity index is 361. The fourth-order valence-electron chi connectivity index (χ4n) is 1.29. The van der Waals surface area contributed by atoms with Crippen LogP contribution in [0.5, 0.6) is 0 Å². The third kappa shape index (κ3) is 5.91. The van der Waals surface area contributed by atoms with Crippen molar-refractivity contribution >= 4 is 17.3 Å². The first kappa shape index (κ1) is 14.3. The molecule has 0 radical (unpaired) electrons. The molecule has 0 aliphatic heterocycles. The first-order chi connectivity index (χ1) is 7.88. The van der Waals surface area contributed by atoms with Crippen LogP contribution in [-0.4, -0.2) is 18.8 Å². The highest BCUT2D eigenvalue weighted by Crippen LogP contribution is 2.18. The third-order valence-electron chi connectivity index (χ3n) is 2.13. The molecule has 96 valence electrons. The summed E-state index contributed by atoms with van der Waals surface area (Å²) in [6.07, 6.45) is 0. The number of rotatable bonds is 5. The van der Waals surface area contributed by atoms with E-state index in [0.29, 0.717) is 30.5 Å². The van der Waals surface area contributed by atoms with Crippen molar-refractivity contribution in [2.45, 2.75) is 33.0 Å². The van der Waals surface area contributed by atoms with Crippen molar-refractivity contribution in [1.82, 2.24) is 0 Å². The molecule has 0 saturated heterocycles. The monoisotopic (exact) mass is 257 g/mol. The van der Waals surface area contributed by atoms with Crippen molar-refractivity contribution < 1.29 is 9.47 Å². The predicted octanol–water partition coefficient (Wildman–Crippen LogP) is 3.25. The van der Waals surface area contributed by atoms with Gasteiger partial charge in [0.05, 0.1) is 25.4 Å². The third-order valence-corrected chi connectivity index (χ3v) is 2.36. The van der Waals surface area contributed by atoms with E-state index < -0.39 is 0 Å². The Labute approximate surface area is 108 Å². The van der Waals surface area contributed by atoms with Crippen LogP contribution in [0.4, 0.5) is 5.69 Å². The highest BCUT2D eigenvalue weighted by atomic mass is 35.5. The minimum absolute atomic E-state index is 0.127. The molecular formula is C13H20ClNO2. The molecule has 2 N–H and O–H groups in total. The molecule has 0 aromatic heterocycles. The summed E-state index contributed by atoms with van der Waals surface area (Å²) in [7, 11) is 0. The number of hydrogen-bond donors (Lipinski definition) is 1. The lowest BCUT2D eigenvalue weighted by molar-refractivity contribution is -0.0376. The highest BCUT2D eigenvalue weighted by Gasteiger charge is 2.09. The van der Waals surface area contributed by atoms with E-state index in [-0.39, 0.29) is 5.60 Å². The second kappa shape index (κ2) is 6.24. The van der Waals surface area contributed by atoms with Gasteiger partial charge in [0, 0.05) is 16.3 Å². The van der Waals surface area contributed by atoms with Gasteiger partial charge in [0.25, 0.3) is 0 Å². The molecule has 0 atom stereocenters.